The molecule has 23 heavy (non-hydrogen) atoms. The normalized spacial score (nSPS) is 25.3. The average molecular weight is 356 g/mol. The van der Waals surface area contributed by atoms with E-state index in [1.165, 1.54) is 0 Å². The Balaban J connectivity index is 1.94. The van der Waals surface area contributed by atoms with Crippen molar-refractivity contribution in [3.63, 3.8) is 0 Å². The van der Waals surface area contributed by atoms with Gasteiger partial charge in [0, 0.05) is 12.9 Å². The van der Waals surface area contributed by atoms with Crippen LogP contribution in [-0.2, 0) is 14.6 Å². The number of benzene rings is 1. The van der Waals surface area contributed by atoms with Crippen molar-refractivity contribution in [1.29, 1.82) is 0 Å². The quantitative estimate of drug-likeness (QED) is 0.743. The summed E-state index contributed by atoms with van der Waals surface area (Å²) < 4.78 is 34.5. The van der Waals surface area contributed by atoms with Crippen molar-refractivity contribution in [2.24, 2.45) is 4.99 Å². The number of sulfone groups is 1. The zero-order valence-corrected chi connectivity index (χ0v) is 14.8. The van der Waals surface area contributed by atoms with Crippen LogP contribution in [0.25, 0.3) is 0 Å². The fourth-order valence-corrected chi connectivity index (χ4v) is 5.82. The summed E-state index contributed by atoms with van der Waals surface area (Å²) in [5.41, 5.74) is 0.864. The second-order valence-corrected chi connectivity index (χ2v) is 8.72. The maximum Gasteiger partial charge on any atom is 0.164 e. The van der Waals surface area contributed by atoms with Crippen molar-refractivity contribution in [1.82, 2.24) is 0 Å². The van der Waals surface area contributed by atoms with E-state index in [4.69, 9.17) is 9.47 Å². The summed E-state index contributed by atoms with van der Waals surface area (Å²) in [6.45, 7) is 0.622. The highest BCUT2D eigenvalue weighted by atomic mass is 32.2. The Bertz CT molecular complexity index is 705. The molecule has 3 rings (SSSR count). The third-order valence-corrected chi connectivity index (χ3v) is 6.60. The van der Waals surface area contributed by atoms with Gasteiger partial charge in [-0.2, -0.15) is 0 Å². The largest absolute Gasteiger partial charge is 0.495 e. The summed E-state index contributed by atoms with van der Waals surface area (Å²) in [7, 11) is 0.243. The molecule has 6 nitrogen and oxygen atoms in total. The maximum atomic E-state index is 12.0. The first-order valence-corrected chi connectivity index (χ1v) is 10.2. The number of thioether (sulfide) groups is 1. The second kappa shape index (κ2) is 6.70. The number of para-hydroxylation sites is 2. The molecule has 0 N–H and O–H groups in total. The van der Waals surface area contributed by atoms with E-state index in [0.29, 0.717) is 6.61 Å². The Kier molecular flexibility index (Phi) is 4.84. The molecular weight excluding hydrogens is 336 g/mol. The lowest BCUT2D eigenvalue weighted by Gasteiger charge is -2.27. The van der Waals surface area contributed by atoms with E-state index in [1.807, 2.05) is 29.2 Å². The number of anilines is 1. The number of amidine groups is 1. The van der Waals surface area contributed by atoms with Crippen LogP contribution in [0.4, 0.5) is 5.69 Å². The lowest BCUT2D eigenvalue weighted by atomic mass is 10.1. The number of ether oxygens (including phenoxy) is 2. The SMILES string of the molecule is COCCSC1=N[C@H]2CS(=O)(=O)C[C@@H]2N1c1ccccc1OC. The standard InChI is InChI=1S/C15H20N2O4S2/c1-20-7-8-22-15-16-11-9-23(18,19)10-13(11)17(15)12-5-3-4-6-14(12)21-2/h3-6,11,13H,7-10H2,1-2H3/t11-,13-/m0/s1. The maximum absolute atomic E-state index is 12.0. The van der Waals surface area contributed by atoms with Crippen molar-refractivity contribution in [2.75, 3.05) is 43.0 Å². The summed E-state index contributed by atoms with van der Waals surface area (Å²) in [5, 5.41) is 0.844. The first-order chi connectivity index (χ1) is 11.1. The molecular formula is C15H20N2O4S2. The van der Waals surface area contributed by atoms with Crippen LogP contribution in [-0.4, -0.2) is 63.8 Å². The molecule has 2 heterocycles. The number of methoxy groups -OCH3 is 2. The van der Waals surface area contributed by atoms with Crippen LogP contribution in [0.1, 0.15) is 0 Å². The highest BCUT2D eigenvalue weighted by Crippen LogP contribution is 2.39. The number of fused-ring (bicyclic) bond motifs is 1. The van der Waals surface area contributed by atoms with Gasteiger partial charge in [0.15, 0.2) is 15.0 Å². The highest BCUT2D eigenvalue weighted by Gasteiger charge is 2.47. The predicted molar refractivity (Wildman–Crippen MR) is 93.5 cm³/mol. The molecule has 1 aromatic carbocycles. The van der Waals surface area contributed by atoms with Gasteiger partial charge in [-0.25, -0.2) is 8.42 Å². The molecule has 2 atom stereocenters. The number of hydrogen-bond acceptors (Lipinski definition) is 7. The zero-order chi connectivity index (χ0) is 16.4. The minimum Gasteiger partial charge on any atom is -0.495 e. The molecule has 0 spiro atoms. The van der Waals surface area contributed by atoms with Crippen LogP contribution < -0.4 is 9.64 Å². The molecule has 126 valence electrons. The molecule has 0 unspecified atom stereocenters. The van der Waals surface area contributed by atoms with Crippen LogP contribution >= 0.6 is 11.8 Å². The van der Waals surface area contributed by atoms with E-state index in [-0.39, 0.29) is 23.6 Å². The first-order valence-electron chi connectivity index (χ1n) is 7.38. The minimum atomic E-state index is -3.04. The van der Waals surface area contributed by atoms with E-state index in [1.54, 1.807) is 26.0 Å². The van der Waals surface area contributed by atoms with E-state index in [0.717, 1.165) is 22.4 Å². The summed E-state index contributed by atoms with van der Waals surface area (Å²) in [6, 6.07) is 7.29. The number of nitrogens with zero attached hydrogens (tertiary/aromatic N) is 2. The highest BCUT2D eigenvalue weighted by molar-refractivity contribution is 8.14. The van der Waals surface area contributed by atoms with Crippen LogP contribution in [0.15, 0.2) is 29.3 Å². The number of aliphatic imine (C=N–C) groups is 1. The molecule has 1 fully saturated rings. The van der Waals surface area contributed by atoms with Crippen molar-refractivity contribution >= 4 is 32.5 Å². The fourth-order valence-electron chi connectivity index (χ4n) is 2.96. The van der Waals surface area contributed by atoms with Crippen molar-refractivity contribution < 1.29 is 17.9 Å². The molecule has 0 aliphatic carbocycles. The monoisotopic (exact) mass is 356 g/mol. The Hall–Kier alpha value is -1.25. The van der Waals surface area contributed by atoms with Crippen LogP contribution in [0.3, 0.4) is 0 Å². The molecule has 1 aromatic rings. The van der Waals surface area contributed by atoms with E-state index >= 15 is 0 Å². The van der Waals surface area contributed by atoms with Gasteiger partial charge in [-0.1, -0.05) is 23.9 Å². The molecule has 1 saturated heterocycles. The summed E-state index contributed by atoms with van der Waals surface area (Å²) >= 11 is 1.59. The third kappa shape index (κ3) is 3.34. The number of rotatable bonds is 5. The van der Waals surface area contributed by atoms with E-state index in [2.05, 4.69) is 4.99 Å². The summed E-state index contributed by atoms with van der Waals surface area (Å²) in [5.74, 6) is 1.75. The molecule has 8 heteroatoms. The lowest BCUT2D eigenvalue weighted by molar-refractivity contribution is 0.219. The molecule has 0 bridgehead atoms. The van der Waals surface area contributed by atoms with E-state index in [9.17, 15) is 8.42 Å². The number of hydrogen-bond donors (Lipinski definition) is 0. The Morgan fingerprint density at radius 3 is 2.83 bits per heavy atom. The van der Waals surface area contributed by atoms with Gasteiger partial charge >= 0.3 is 0 Å². The summed E-state index contributed by atoms with van der Waals surface area (Å²) in [6.07, 6.45) is 0. The van der Waals surface area contributed by atoms with E-state index < -0.39 is 9.84 Å². The van der Waals surface area contributed by atoms with Gasteiger partial charge < -0.3 is 14.4 Å². The molecule has 2 aliphatic heterocycles. The smallest absolute Gasteiger partial charge is 0.164 e. The molecule has 2 aliphatic rings. The molecule has 0 saturated carbocycles. The lowest BCUT2D eigenvalue weighted by Crippen LogP contribution is -2.39. The van der Waals surface area contributed by atoms with Gasteiger partial charge in [-0.15, -0.1) is 0 Å². The van der Waals surface area contributed by atoms with Crippen molar-refractivity contribution in [2.45, 2.75) is 12.1 Å². The zero-order valence-electron chi connectivity index (χ0n) is 13.1. The average Bonchev–Trinajstić information content (AvgIpc) is 2.98. The third-order valence-electron chi connectivity index (χ3n) is 3.97. The Morgan fingerprint density at radius 2 is 2.09 bits per heavy atom. The molecule has 0 aromatic heterocycles. The Morgan fingerprint density at radius 1 is 1.30 bits per heavy atom. The Labute approximate surface area is 140 Å². The van der Waals surface area contributed by atoms with Gasteiger partial charge in [0.2, 0.25) is 0 Å². The second-order valence-electron chi connectivity index (χ2n) is 5.51. The summed E-state index contributed by atoms with van der Waals surface area (Å²) in [4.78, 5) is 6.69. The fraction of sp³-hybridized carbons (Fsp3) is 0.533. The van der Waals surface area contributed by atoms with Crippen molar-refractivity contribution in [3.8, 4) is 5.75 Å². The van der Waals surface area contributed by atoms with Gasteiger partial charge in [-0.05, 0) is 12.1 Å². The van der Waals surface area contributed by atoms with Crippen LogP contribution in [0.2, 0.25) is 0 Å². The predicted octanol–water partition coefficient (Wildman–Crippen LogP) is 1.42. The van der Waals surface area contributed by atoms with Crippen LogP contribution in [0.5, 0.6) is 5.75 Å². The van der Waals surface area contributed by atoms with Gasteiger partial charge in [0.25, 0.3) is 0 Å². The van der Waals surface area contributed by atoms with Gasteiger partial charge in [0.05, 0.1) is 43.0 Å². The van der Waals surface area contributed by atoms with Gasteiger partial charge in [-0.3, -0.25) is 4.99 Å². The molecule has 0 radical (unpaired) electrons. The molecule has 0 amide bonds. The van der Waals surface area contributed by atoms with Crippen molar-refractivity contribution in [3.05, 3.63) is 24.3 Å². The van der Waals surface area contributed by atoms with Crippen LogP contribution in [0, 0.1) is 0 Å². The first kappa shape index (κ1) is 16.6. The topological polar surface area (TPSA) is 68.2 Å². The van der Waals surface area contributed by atoms with Gasteiger partial charge in [0.1, 0.15) is 5.75 Å². The minimum absolute atomic E-state index is 0.123.